The molecule has 0 atom stereocenters. The lowest BCUT2D eigenvalue weighted by Crippen LogP contribution is -2.34. The van der Waals surface area contributed by atoms with Crippen molar-refractivity contribution >= 4 is 13.2 Å². The monoisotopic (exact) mass is 194 g/mol. The quantitative estimate of drug-likeness (QED) is 0.466. The lowest BCUT2D eigenvalue weighted by molar-refractivity contribution is 0.990. The van der Waals surface area contributed by atoms with Crippen molar-refractivity contribution in [2.45, 2.75) is 78.7 Å². The van der Waals surface area contributed by atoms with Crippen LogP contribution in [0.5, 0.6) is 0 Å². The van der Waals surface area contributed by atoms with Crippen molar-refractivity contribution in [2.75, 3.05) is 0 Å². The van der Waals surface area contributed by atoms with Crippen LogP contribution in [0.25, 0.3) is 0 Å². The zero-order valence-corrected chi connectivity index (χ0v) is 10.8. The van der Waals surface area contributed by atoms with Crippen LogP contribution >= 0.6 is 0 Å². The molecule has 0 aromatic heterocycles. The lowest BCUT2D eigenvalue weighted by Gasteiger charge is -2.20. The normalized spacial score (nSPS) is 10.3. The average Bonchev–Trinajstić information content (AvgIpc) is 2.17. The van der Waals surface area contributed by atoms with E-state index >= 15 is 0 Å². The van der Waals surface area contributed by atoms with Crippen LogP contribution in [0, 0.1) is 0 Å². The molecule has 0 aliphatic carbocycles. The van der Waals surface area contributed by atoms with Gasteiger partial charge in [0.2, 0.25) is 0 Å². The minimum absolute atomic E-state index is 1.02. The third-order valence-corrected chi connectivity index (χ3v) is 3.30. The van der Waals surface area contributed by atoms with E-state index in [1.54, 1.807) is 0 Å². The summed E-state index contributed by atoms with van der Waals surface area (Å²) in [5, 5.41) is 0. The summed E-state index contributed by atoms with van der Waals surface area (Å²) in [5.74, 6) is 0. The summed E-state index contributed by atoms with van der Waals surface area (Å²) in [5.41, 5.74) is 0. The van der Waals surface area contributed by atoms with Gasteiger partial charge in [-0.25, -0.2) is 0 Å². The number of hydrogen-bond donors (Lipinski definition) is 0. The first-order valence-corrected chi connectivity index (χ1v) is 6.79. The zero-order chi connectivity index (χ0) is 10.8. The van der Waals surface area contributed by atoms with Gasteiger partial charge in [-0.2, -0.15) is 0 Å². The topological polar surface area (TPSA) is 0 Å². The highest BCUT2D eigenvalue weighted by molar-refractivity contribution is 7.22. The van der Waals surface area contributed by atoms with E-state index in [-0.39, 0.29) is 0 Å². The molecule has 0 fully saturated rings. The first-order valence-electron chi connectivity index (χ1n) is 6.79. The van der Waals surface area contributed by atoms with Crippen molar-refractivity contribution in [1.29, 1.82) is 0 Å². The van der Waals surface area contributed by atoms with Crippen LogP contribution < -0.4 is 0 Å². The molecule has 0 N–H and O–H groups in total. The van der Waals surface area contributed by atoms with E-state index in [9.17, 15) is 0 Å². The maximum atomic E-state index is 2.33. The molecule has 0 bridgehead atoms. The van der Waals surface area contributed by atoms with E-state index in [0.29, 0.717) is 0 Å². The van der Waals surface area contributed by atoms with Gasteiger partial charge in [0.25, 0.3) is 0 Å². The molecule has 0 spiro atoms. The Hall–Kier alpha value is 0.130. The minimum atomic E-state index is 1.02. The molecule has 0 nitrogen and oxygen atoms in total. The summed E-state index contributed by atoms with van der Waals surface area (Å²) in [4.78, 5) is 0. The third kappa shape index (κ3) is 5.78. The predicted molar refractivity (Wildman–Crippen MR) is 71.9 cm³/mol. The van der Waals surface area contributed by atoms with E-state index < -0.39 is 0 Å². The second-order valence-corrected chi connectivity index (χ2v) is 4.67. The van der Waals surface area contributed by atoms with Crippen LogP contribution in [0.1, 0.15) is 53.4 Å². The number of hydrogen-bond acceptors (Lipinski definition) is 0. The van der Waals surface area contributed by atoms with Gasteiger partial charge in [-0.3, -0.25) is 0 Å². The van der Waals surface area contributed by atoms with Gasteiger partial charge in [-0.1, -0.05) is 78.7 Å². The molecular weight excluding hydrogens is 166 g/mol. The Morgan fingerprint density at radius 3 is 0.857 bits per heavy atom. The van der Waals surface area contributed by atoms with Crippen LogP contribution in [-0.4, -0.2) is 13.2 Å². The second kappa shape index (κ2) is 9.68. The van der Waals surface area contributed by atoms with Gasteiger partial charge in [-0.05, 0) is 0 Å². The van der Waals surface area contributed by atoms with Gasteiger partial charge in [0.05, 0.1) is 0 Å². The molecule has 0 rings (SSSR count). The smallest absolute Gasteiger partial charge is 0.0806 e. The standard InChI is InChI=1S/C12H28B2/c1-5-9-13(10-6-2)14(11-7-3)12-8-4/h5-12H2,1-4H3. The summed E-state index contributed by atoms with van der Waals surface area (Å²) >= 11 is 0. The van der Waals surface area contributed by atoms with E-state index in [1.807, 2.05) is 0 Å². The summed E-state index contributed by atoms with van der Waals surface area (Å²) in [6.07, 6.45) is 11.3. The molecule has 0 aliphatic heterocycles. The average molecular weight is 194 g/mol. The fourth-order valence-electron chi connectivity index (χ4n) is 2.71. The van der Waals surface area contributed by atoms with Crippen molar-refractivity contribution in [2.24, 2.45) is 0 Å². The summed E-state index contributed by atoms with van der Waals surface area (Å²) < 4.78 is 0. The Labute approximate surface area is 92.4 Å². The van der Waals surface area contributed by atoms with Crippen molar-refractivity contribution in [3.05, 3.63) is 0 Å². The molecule has 14 heavy (non-hydrogen) atoms. The Balaban J connectivity index is 4.06. The Kier molecular flexibility index (Phi) is 9.77. The van der Waals surface area contributed by atoms with Crippen LogP contribution in [0.4, 0.5) is 0 Å². The molecule has 0 unspecified atom stereocenters. The summed E-state index contributed by atoms with van der Waals surface area (Å²) in [6, 6.07) is 0. The first-order chi connectivity index (χ1) is 6.79. The first kappa shape index (κ1) is 14.1. The van der Waals surface area contributed by atoms with Gasteiger partial charge < -0.3 is 0 Å². The van der Waals surface area contributed by atoms with Crippen LogP contribution in [0.15, 0.2) is 0 Å². The van der Waals surface area contributed by atoms with E-state index in [0.717, 1.165) is 13.2 Å². The Bertz CT molecular complexity index is 88.9. The molecule has 82 valence electrons. The fourth-order valence-corrected chi connectivity index (χ4v) is 2.71. The third-order valence-electron chi connectivity index (χ3n) is 3.30. The van der Waals surface area contributed by atoms with E-state index in [4.69, 9.17) is 0 Å². The fraction of sp³-hybridized carbons (Fsp3) is 1.00. The highest BCUT2D eigenvalue weighted by Crippen LogP contribution is 2.17. The molecule has 0 aliphatic rings. The van der Waals surface area contributed by atoms with Crippen molar-refractivity contribution < 1.29 is 0 Å². The molecule has 0 saturated carbocycles. The highest BCUT2D eigenvalue weighted by Gasteiger charge is 2.24. The largest absolute Gasteiger partial charge is 0.109 e. The van der Waals surface area contributed by atoms with E-state index in [1.165, 1.54) is 51.0 Å². The molecule has 0 amide bonds. The Morgan fingerprint density at radius 1 is 0.500 bits per heavy atom. The zero-order valence-electron chi connectivity index (χ0n) is 10.8. The van der Waals surface area contributed by atoms with Gasteiger partial charge >= 0.3 is 0 Å². The second-order valence-electron chi connectivity index (χ2n) is 4.67. The SMILES string of the molecule is CCCB(CCC)B(CCC)CCC. The Morgan fingerprint density at radius 2 is 0.714 bits per heavy atom. The lowest BCUT2D eigenvalue weighted by atomic mass is 9.04. The molecule has 0 heterocycles. The molecule has 2 heteroatoms. The van der Waals surface area contributed by atoms with Gasteiger partial charge in [0.15, 0.2) is 0 Å². The van der Waals surface area contributed by atoms with Crippen molar-refractivity contribution in [3.63, 3.8) is 0 Å². The summed E-state index contributed by atoms with van der Waals surface area (Å²) in [7, 11) is 0. The molecule has 0 radical (unpaired) electrons. The number of rotatable bonds is 9. The molecular formula is C12H28B2. The minimum Gasteiger partial charge on any atom is -0.0806 e. The predicted octanol–water partition coefficient (Wildman–Crippen LogP) is 4.69. The molecule has 0 aromatic rings. The van der Waals surface area contributed by atoms with Crippen molar-refractivity contribution in [1.82, 2.24) is 0 Å². The molecule has 0 saturated heterocycles. The maximum absolute atomic E-state index is 2.33. The van der Waals surface area contributed by atoms with Gasteiger partial charge in [0, 0.05) is 0 Å². The van der Waals surface area contributed by atoms with Crippen molar-refractivity contribution in [3.8, 4) is 0 Å². The van der Waals surface area contributed by atoms with Gasteiger partial charge in [0.1, 0.15) is 13.2 Å². The van der Waals surface area contributed by atoms with Crippen LogP contribution in [0.2, 0.25) is 25.3 Å². The highest BCUT2D eigenvalue weighted by atomic mass is 13.8. The van der Waals surface area contributed by atoms with Gasteiger partial charge in [-0.15, -0.1) is 0 Å². The summed E-state index contributed by atoms with van der Waals surface area (Å²) in [6.45, 7) is 11.4. The maximum Gasteiger partial charge on any atom is 0.109 e. The van der Waals surface area contributed by atoms with Crippen LogP contribution in [0.3, 0.4) is 0 Å². The van der Waals surface area contributed by atoms with E-state index in [2.05, 4.69) is 27.7 Å². The molecule has 0 aromatic carbocycles. The van der Waals surface area contributed by atoms with Crippen LogP contribution in [-0.2, 0) is 0 Å².